The number of amides is 2. The Morgan fingerprint density at radius 2 is 1.82 bits per heavy atom. The van der Waals surface area contributed by atoms with E-state index in [4.69, 9.17) is 9.15 Å². The van der Waals surface area contributed by atoms with Gasteiger partial charge in [-0.15, -0.1) is 0 Å². The Hall–Kier alpha value is -2.90. The number of carbonyl (C=O) groups excluding carboxylic acids is 3. The van der Waals surface area contributed by atoms with E-state index in [0.717, 1.165) is 38.8 Å². The minimum atomic E-state index is -0.557. The number of oxazole rings is 1. The van der Waals surface area contributed by atoms with Crippen LogP contribution in [0, 0.1) is 5.92 Å². The van der Waals surface area contributed by atoms with Crippen LogP contribution in [0.15, 0.2) is 28.7 Å². The summed E-state index contributed by atoms with van der Waals surface area (Å²) in [4.78, 5) is 43.9. The van der Waals surface area contributed by atoms with Crippen molar-refractivity contribution in [2.45, 2.75) is 76.7 Å². The van der Waals surface area contributed by atoms with Crippen molar-refractivity contribution < 1.29 is 23.5 Å². The van der Waals surface area contributed by atoms with Crippen molar-refractivity contribution in [3.63, 3.8) is 0 Å². The Morgan fingerprint density at radius 3 is 2.59 bits per heavy atom. The minimum absolute atomic E-state index is 0.0176. The normalized spacial score (nSPS) is 17.6. The SMILES string of the molecule is O=C(NC(CC1CCCCC1)C(=O)N1CCCC1)OCCCCC(=O)c1nc2ccccc2o1. The lowest BCUT2D eigenvalue weighted by Gasteiger charge is -2.29. The molecule has 2 aliphatic rings. The van der Waals surface area contributed by atoms with E-state index in [0.29, 0.717) is 36.3 Å². The van der Waals surface area contributed by atoms with Gasteiger partial charge in [-0.05, 0) is 50.2 Å². The monoisotopic (exact) mass is 469 g/mol. The van der Waals surface area contributed by atoms with Gasteiger partial charge in [-0.25, -0.2) is 9.78 Å². The van der Waals surface area contributed by atoms with Crippen LogP contribution in [0.4, 0.5) is 4.79 Å². The van der Waals surface area contributed by atoms with Crippen LogP contribution in [0.2, 0.25) is 0 Å². The standard InChI is InChI=1S/C26H35N3O5/c30-22(24-27-20-12-4-5-14-23(20)34-24)13-6-9-17-33-26(32)28-21(18-19-10-2-1-3-11-19)25(31)29-15-7-8-16-29/h4-5,12,14,19,21H,1-3,6-11,13,15-18H2,(H,28,32). The average Bonchev–Trinajstić information content (AvgIpc) is 3.54. The molecule has 2 aromatic rings. The molecular formula is C26H35N3O5. The van der Waals surface area contributed by atoms with E-state index >= 15 is 0 Å². The number of aromatic nitrogens is 1. The summed E-state index contributed by atoms with van der Waals surface area (Å²) in [7, 11) is 0. The number of nitrogens with zero attached hydrogens (tertiary/aromatic N) is 2. The molecule has 1 aliphatic carbocycles. The van der Waals surface area contributed by atoms with Crippen molar-refractivity contribution in [1.82, 2.24) is 15.2 Å². The molecule has 1 N–H and O–H groups in total. The van der Waals surface area contributed by atoms with Crippen LogP contribution in [-0.4, -0.2) is 53.4 Å². The van der Waals surface area contributed by atoms with Crippen LogP contribution >= 0.6 is 0 Å². The number of hydrogen-bond donors (Lipinski definition) is 1. The second-order valence-electron chi connectivity index (χ2n) is 9.47. The van der Waals surface area contributed by atoms with Gasteiger partial charge in [0.05, 0.1) is 6.61 Å². The predicted molar refractivity (Wildman–Crippen MR) is 127 cm³/mol. The number of carbonyl (C=O) groups is 3. The fraction of sp³-hybridized carbons (Fsp3) is 0.615. The molecule has 0 bridgehead atoms. The number of rotatable bonds is 10. The summed E-state index contributed by atoms with van der Waals surface area (Å²) < 4.78 is 10.8. The Kier molecular flexibility index (Phi) is 8.55. The zero-order chi connectivity index (χ0) is 23.8. The van der Waals surface area contributed by atoms with Gasteiger partial charge in [0.25, 0.3) is 5.89 Å². The van der Waals surface area contributed by atoms with E-state index in [1.165, 1.54) is 19.3 Å². The topological polar surface area (TPSA) is 102 Å². The van der Waals surface area contributed by atoms with Crippen molar-refractivity contribution in [3.05, 3.63) is 30.2 Å². The third kappa shape index (κ3) is 6.58. The van der Waals surface area contributed by atoms with E-state index in [1.54, 1.807) is 12.1 Å². The van der Waals surface area contributed by atoms with Gasteiger partial charge in [0, 0.05) is 19.5 Å². The number of fused-ring (bicyclic) bond motifs is 1. The number of nitrogens with one attached hydrogen (secondary N) is 1. The highest BCUT2D eigenvalue weighted by Gasteiger charge is 2.31. The first-order valence-electron chi connectivity index (χ1n) is 12.7. The molecule has 1 atom stereocenters. The Morgan fingerprint density at radius 1 is 1.06 bits per heavy atom. The summed E-state index contributed by atoms with van der Waals surface area (Å²) in [5, 5.41) is 2.84. The summed E-state index contributed by atoms with van der Waals surface area (Å²) >= 11 is 0. The molecule has 2 heterocycles. The van der Waals surface area contributed by atoms with Crippen molar-refractivity contribution in [2.75, 3.05) is 19.7 Å². The number of para-hydroxylation sites is 2. The molecule has 1 aliphatic heterocycles. The number of benzene rings is 1. The van der Waals surface area contributed by atoms with E-state index < -0.39 is 12.1 Å². The van der Waals surface area contributed by atoms with Crippen molar-refractivity contribution >= 4 is 28.9 Å². The van der Waals surface area contributed by atoms with Gasteiger partial charge in [0.2, 0.25) is 11.7 Å². The van der Waals surface area contributed by atoms with Gasteiger partial charge < -0.3 is 19.4 Å². The second kappa shape index (κ2) is 12.0. The van der Waals surface area contributed by atoms with Crippen LogP contribution in [-0.2, 0) is 9.53 Å². The molecule has 2 amide bonds. The smallest absolute Gasteiger partial charge is 0.407 e. The highest BCUT2D eigenvalue weighted by Crippen LogP contribution is 2.28. The quantitative estimate of drug-likeness (QED) is 0.393. The van der Waals surface area contributed by atoms with Crippen LogP contribution in [0.5, 0.6) is 0 Å². The molecule has 1 unspecified atom stereocenters. The van der Waals surface area contributed by atoms with Gasteiger partial charge in [-0.2, -0.15) is 0 Å². The van der Waals surface area contributed by atoms with Crippen molar-refractivity contribution in [2.24, 2.45) is 5.92 Å². The zero-order valence-corrected chi connectivity index (χ0v) is 19.8. The minimum Gasteiger partial charge on any atom is -0.450 e. The molecule has 4 rings (SSSR count). The first kappa shape index (κ1) is 24.2. The lowest BCUT2D eigenvalue weighted by Crippen LogP contribution is -2.49. The molecule has 1 aromatic carbocycles. The fourth-order valence-corrected chi connectivity index (χ4v) is 4.97. The van der Waals surface area contributed by atoms with Crippen molar-refractivity contribution in [3.8, 4) is 0 Å². The summed E-state index contributed by atoms with van der Waals surface area (Å²) in [6.45, 7) is 1.73. The first-order valence-corrected chi connectivity index (χ1v) is 12.7. The molecule has 184 valence electrons. The molecule has 2 fully saturated rings. The molecule has 1 saturated carbocycles. The highest BCUT2D eigenvalue weighted by molar-refractivity contribution is 5.94. The third-order valence-corrected chi connectivity index (χ3v) is 6.87. The van der Waals surface area contributed by atoms with E-state index in [2.05, 4.69) is 10.3 Å². The van der Waals surface area contributed by atoms with Gasteiger partial charge in [0.1, 0.15) is 11.6 Å². The number of ketones is 1. The zero-order valence-electron chi connectivity index (χ0n) is 19.8. The van der Waals surface area contributed by atoms with E-state index in [1.807, 2.05) is 17.0 Å². The third-order valence-electron chi connectivity index (χ3n) is 6.87. The molecule has 8 nitrogen and oxygen atoms in total. The van der Waals surface area contributed by atoms with Crippen LogP contribution in [0.1, 0.15) is 81.3 Å². The van der Waals surface area contributed by atoms with Crippen LogP contribution < -0.4 is 5.32 Å². The average molecular weight is 470 g/mol. The maximum absolute atomic E-state index is 13.0. The largest absolute Gasteiger partial charge is 0.450 e. The molecule has 0 radical (unpaired) electrons. The lowest BCUT2D eigenvalue weighted by molar-refractivity contribution is -0.132. The predicted octanol–water partition coefficient (Wildman–Crippen LogP) is 4.87. The summed E-state index contributed by atoms with van der Waals surface area (Å²) in [6, 6.07) is 6.75. The molecule has 0 spiro atoms. The highest BCUT2D eigenvalue weighted by atomic mass is 16.5. The van der Waals surface area contributed by atoms with Crippen LogP contribution in [0.3, 0.4) is 0 Å². The van der Waals surface area contributed by atoms with Gasteiger partial charge in [-0.3, -0.25) is 9.59 Å². The first-order chi connectivity index (χ1) is 16.6. The molecule has 34 heavy (non-hydrogen) atoms. The second-order valence-corrected chi connectivity index (χ2v) is 9.47. The maximum atomic E-state index is 13.0. The van der Waals surface area contributed by atoms with E-state index in [-0.39, 0.29) is 30.6 Å². The molecular weight excluding hydrogens is 434 g/mol. The Labute approximate surface area is 200 Å². The van der Waals surface area contributed by atoms with Gasteiger partial charge >= 0.3 is 6.09 Å². The number of likely N-dealkylation sites (tertiary alicyclic amines) is 1. The van der Waals surface area contributed by atoms with Gasteiger partial charge in [0.15, 0.2) is 5.58 Å². The van der Waals surface area contributed by atoms with E-state index in [9.17, 15) is 14.4 Å². The lowest BCUT2D eigenvalue weighted by atomic mass is 9.84. The number of hydrogen-bond acceptors (Lipinski definition) is 6. The molecule has 1 saturated heterocycles. The summed E-state index contributed by atoms with van der Waals surface area (Å²) in [5.41, 5.74) is 1.26. The maximum Gasteiger partial charge on any atom is 0.407 e. The summed E-state index contributed by atoms with van der Waals surface area (Å²) in [6.07, 6.45) is 9.44. The number of alkyl carbamates (subject to hydrolysis) is 1. The van der Waals surface area contributed by atoms with Gasteiger partial charge in [-0.1, -0.05) is 44.2 Å². The number of ether oxygens (including phenoxy) is 1. The molecule has 8 heteroatoms. The van der Waals surface area contributed by atoms with Crippen molar-refractivity contribution in [1.29, 1.82) is 0 Å². The van der Waals surface area contributed by atoms with Crippen LogP contribution in [0.25, 0.3) is 11.1 Å². The molecule has 1 aromatic heterocycles. The fourth-order valence-electron chi connectivity index (χ4n) is 4.97. The number of unbranched alkanes of at least 4 members (excludes halogenated alkanes) is 1. The number of Topliss-reactive ketones (excluding diaryl/α,β-unsaturated/α-hetero) is 1. The summed E-state index contributed by atoms with van der Waals surface area (Å²) in [5.74, 6) is 0.447. The Balaban J connectivity index is 1.19. The Bertz CT molecular complexity index is 943.